The molecule has 4 rings (SSSR count). The molecule has 0 aromatic heterocycles. The van der Waals surface area contributed by atoms with Crippen LogP contribution in [0.4, 0.5) is 0 Å². The van der Waals surface area contributed by atoms with Crippen molar-refractivity contribution in [1.82, 2.24) is 4.90 Å². The number of likely N-dealkylation sites (tertiary alicyclic amines) is 1. The number of fused-ring (bicyclic) bond motifs is 2. The second-order valence-electron chi connectivity index (χ2n) is 8.89. The third-order valence-electron chi connectivity index (χ3n) is 7.10. The fraction of sp³-hybridized carbons (Fsp3) is 0.667. The molecule has 4 atom stereocenters. The second kappa shape index (κ2) is 6.92. The van der Waals surface area contributed by atoms with Crippen LogP contribution in [0.3, 0.4) is 0 Å². The lowest BCUT2D eigenvalue weighted by atomic mass is 9.68. The molecule has 1 aromatic carbocycles. The van der Waals surface area contributed by atoms with Crippen LogP contribution < -0.4 is 5.73 Å². The average molecular weight is 363 g/mol. The molecule has 1 aliphatic heterocycles. The van der Waals surface area contributed by atoms with Crippen molar-refractivity contribution < 1.29 is 4.79 Å². The van der Waals surface area contributed by atoms with Gasteiger partial charge in [0.1, 0.15) is 0 Å². The summed E-state index contributed by atoms with van der Waals surface area (Å²) < 4.78 is 0. The van der Waals surface area contributed by atoms with E-state index in [4.69, 9.17) is 5.73 Å². The van der Waals surface area contributed by atoms with E-state index in [9.17, 15) is 4.79 Å². The Morgan fingerprint density at radius 2 is 2.04 bits per heavy atom. The Hall–Kier alpha value is -1.06. The molecule has 4 unspecified atom stereocenters. The number of amides is 1. The lowest BCUT2D eigenvalue weighted by molar-refractivity contribution is -0.144. The van der Waals surface area contributed by atoms with Gasteiger partial charge in [0.05, 0.1) is 5.41 Å². The van der Waals surface area contributed by atoms with Crippen LogP contribution in [0.5, 0.6) is 0 Å². The Labute approximate surface area is 157 Å². The Kier molecular flexibility index (Phi) is 5.18. The molecule has 3 aliphatic rings. The normalized spacial score (nSPS) is 36.5. The van der Waals surface area contributed by atoms with Crippen LogP contribution in [0.2, 0.25) is 0 Å². The molecule has 25 heavy (non-hydrogen) atoms. The summed E-state index contributed by atoms with van der Waals surface area (Å²) in [6, 6.07) is 10.6. The van der Waals surface area contributed by atoms with E-state index in [0.717, 1.165) is 38.3 Å². The molecule has 0 spiro atoms. The van der Waals surface area contributed by atoms with E-state index in [1.807, 2.05) is 0 Å². The monoisotopic (exact) mass is 362 g/mol. The van der Waals surface area contributed by atoms with E-state index in [-0.39, 0.29) is 23.2 Å². The first-order chi connectivity index (χ1) is 11.5. The summed E-state index contributed by atoms with van der Waals surface area (Å²) in [6.07, 6.45) is 6.90. The molecule has 2 saturated carbocycles. The van der Waals surface area contributed by atoms with Crippen molar-refractivity contribution in [3.05, 3.63) is 35.9 Å². The summed E-state index contributed by atoms with van der Waals surface area (Å²) in [5.74, 6) is 1.78. The number of nitrogens with two attached hydrogens (primary N) is 1. The zero-order valence-corrected chi connectivity index (χ0v) is 16.1. The third kappa shape index (κ3) is 3.21. The van der Waals surface area contributed by atoms with E-state index in [1.54, 1.807) is 0 Å². The Balaban J connectivity index is 0.00000182. The highest BCUT2D eigenvalue weighted by molar-refractivity contribution is 5.85. The van der Waals surface area contributed by atoms with E-state index in [2.05, 4.69) is 42.2 Å². The Morgan fingerprint density at radius 3 is 2.60 bits per heavy atom. The topological polar surface area (TPSA) is 46.3 Å². The summed E-state index contributed by atoms with van der Waals surface area (Å²) in [4.78, 5) is 15.8. The molecular weight excluding hydrogens is 332 g/mol. The van der Waals surface area contributed by atoms with Crippen molar-refractivity contribution in [2.24, 2.45) is 28.4 Å². The minimum absolute atomic E-state index is 0. The zero-order chi connectivity index (χ0) is 16.8. The molecule has 1 amide bonds. The molecule has 1 heterocycles. The number of halogens is 1. The lowest BCUT2D eigenvalue weighted by Gasteiger charge is -2.40. The van der Waals surface area contributed by atoms with Gasteiger partial charge in [-0.2, -0.15) is 0 Å². The summed E-state index contributed by atoms with van der Waals surface area (Å²) in [5.41, 5.74) is 7.25. The van der Waals surface area contributed by atoms with Crippen LogP contribution in [0.15, 0.2) is 30.3 Å². The predicted molar refractivity (Wildman–Crippen MR) is 104 cm³/mol. The van der Waals surface area contributed by atoms with Gasteiger partial charge in [0, 0.05) is 13.1 Å². The molecule has 2 N–H and O–H groups in total. The Bertz CT molecular complexity index is 622. The Morgan fingerprint density at radius 1 is 1.28 bits per heavy atom. The van der Waals surface area contributed by atoms with Crippen LogP contribution in [-0.2, 0) is 11.2 Å². The number of benzene rings is 1. The van der Waals surface area contributed by atoms with Crippen molar-refractivity contribution in [3.63, 3.8) is 0 Å². The molecule has 3 nitrogen and oxygen atoms in total. The van der Waals surface area contributed by atoms with Crippen molar-refractivity contribution >= 4 is 18.3 Å². The highest BCUT2D eigenvalue weighted by atomic mass is 35.5. The van der Waals surface area contributed by atoms with Crippen LogP contribution in [0, 0.1) is 22.7 Å². The molecule has 3 fully saturated rings. The maximum absolute atomic E-state index is 13.7. The maximum atomic E-state index is 13.7. The van der Waals surface area contributed by atoms with Gasteiger partial charge in [-0.15, -0.1) is 12.4 Å². The van der Waals surface area contributed by atoms with Crippen LogP contribution in [0.1, 0.15) is 44.6 Å². The maximum Gasteiger partial charge on any atom is 0.229 e. The van der Waals surface area contributed by atoms with Crippen molar-refractivity contribution in [1.29, 1.82) is 0 Å². The van der Waals surface area contributed by atoms with E-state index in [0.29, 0.717) is 18.4 Å². The number of nitrogens with zero attached hydrogens (tertiary/aromatic N) is 1. The predicted octanol–water partition coefficient (Wildman–Crippen LogP) is 3.65. The van der Waals surface area contributed by atoms with E-state index in [1.165, 1.54) is 24.8 Å². The van der Waals surface area contributed by atoms with Gasteiger partial charge in [0.15, 0.2) is 0 Å². The second-order valence-corrected chi connectivity index (χ2v) is 8.89. The van der Waals surface area contributed by atoms with Gasteiger partial charge in [-0.1, -0.05) is 43.7 Å². The van der Waals surface area contributed by atoms with Crippen LogP contribution in [0.25, 0.3) is 0 Å². The largest absolute Gasteiger partial charge is 0.342 e. The van der Waals surface area contributed by atoms with Gasteiger partial charge in [-0.3, -0.25) is 4.79 Å². The number of hydrogen-bond acceptors (Lipinski definition) is 2. The van der Waals surface area contributed by atoms with Crippen LogP contribution in [-0.4, -0.2) is 30.4 Å². The van der Waals surface area contributed by atoms with Gasteiger partial charge in [0.25, 0.3) is 0 Å². The minimum Gasteiger partial charge on any atom is -0.342 e. The molecule has 2 aliphatic carbocycles. The molecule has 4 heteroatoms. The number of carbonyl (C=O) groups is 1. The quantitative estimate of drug-likeness (QED) is 0.888. The molecule has 1 saturated heterocycles. The van der Waals surface area contributed by atoms with Gasteiger partial charge < -0.3 is 10.6 Å². The van der Waals surface area contributed by atoms with Crippen molar-refractivity contribution in [2.75, 3.05) is 19.6 Å². The SMILES string of the molecule is CC1(CN)CCN(C(=O)C2(Cc3ccccc3)CC3CCC2C3)C1.Cl. The highest BCUT2D eigenvalue weighted by Crippen LogP contribution is 2.58. The fourth-order valence-corrected chi connectivity index (χ4v) is 5.64. The smallest absolute Gasteiger partial charge is 0.229 e. The number of rotatable bonds is 4. The van der Waals surface area contributed by atoms with E-state index >= 15 is 0 Å². The first kappa shape index (κ1) is 18.7. The molecular formula is C21H31ClN2O. The van der Waals surface area contributed by atoms with Crippen molar-refractivity contribution in [2.45, 2.75) is 45.4 Å². The zero-order valence-electron chi connectivity index (χ0n) is 15.2. The number of carbonyl (C=O) groups excluding carboxylic acids is 1. The molecule has 1 aromatic rings. The van der Waals surface area contributed by atoms with Gasteiger partial charge >= 0.3 is 0 Å². The highest BCUT2D eigenvalue weighted by Gasteiger charge is 2.57. The molecule has 2 bridgehead atoms. The van der Waals surface area contributed by atoms with Gasteiger partial charge in [-0.05, 0) is 61.5 Å². The van der Waals surface area contributed by atoms with Gasteiger partial charge in [-0.25, -0.2) is 0 Å². The first-order valence-corrected chi connectivity index (χ1v) is 9.58. The average Bonchev–Trinajstić information content (AvgIpc) is 3.30. The molecule has 0 radical (unpaired) electrons. The fourth-order valence-electron chi connectivity index (χ4n) is 5.64. The summed E-state index contributed by atoms with van der Waals surface area (Å²) in [7, 11) is 0. The van der Waals surface area contributed by atoms with E-state index < -0.39 is 0 Å². The summed E-state index contributed by atoms with van der Waals surface area (Å²) in [6.45, 7) is 4.64. The summed E-state index contributed by atoms with van der Waals surface area (Å²) >= 11 is 0. The third-order valence-corrected chi connectivity index (χ3v) is 7.10. The number of hydrogen-bond donors (Lipinski definition) is 1. The summed E-state index contributed by atoms with van der Waals surface area (Å²) in [5, 5.41) is 0. The lowest BCUT2D eigenvalue weighted by Crippen LogP contribution is -2.48. The molecule has 138 valence electrons. The van der Waals surface area contributed by atoms with Crippen molar-refractivity contribution in [3.8, 4) is 0 Å². The van der Waals surface area contributed by atoms with Gasteiger partial charge in [0.2, 0.25) is 5.91 Å². The first-order valence-electron chi connectivity index (χ1n) is 9.58. The minimum atomic E-state index is -0.149. The van der Waals surface area contributed by atoms with Crippen LogP contribution >= 0.6 is 12.4 Å². The standard InChI is InChI=1S/C21H30N2O.ClH/c1-20(14-22)9-10-23(15-20)19(24)21(12-16-5-3-2-4-6-16)13-17-7-8-18(21)11-17;/h2-6,17-18H,7-15,22H2,1H3;1H.